The number of thiophene rings is 1. The number of hydrogen-bond acceptors (Lipinski definition) is 3. The lowest BCUT2D eigenvalue weighted by atomic mass is 10.2. The average molecular weight is 179 g/mol. The Balaban J connectivity index is 2.79. The molecule has 2 aromatic rings. The molecule has 0 amide bonds. The van der Waals surface area contributed by atoms with Crippen molar-refractivity contribution in [2.45, 2.75) is 0 Å². The molecule has 3 nitrogen and oxygen atoms in total. The van der Waals surface area contributed by atoms with Crippen LogP contribution in [0.15, 0.2) is 23.8 Å². The molecule has 1 N–H and O–H groups in total. The summed E-state index contributed by atoms with van der Waals surface area (Å²) in [6.07, 6.45) is 3.24. The third-order valence-electron chi connectivity index (χ3n) is 1.61. The zero-order valence-corrected chi connectivity index (χ0v) is 6.84. The predicted molar refractivity (Wildman–Crippen MR) is 46.6 cm³/mol. The fourth-order valence-corrected chi connectivity index (χ4v) is 1.94. The second-order valence-electron chi connectivity index (χ2n) is 2.33. The van der Waals surface area contributed by atoms with E-state index in [9.17, 15) is 4.79 Å². The van der Waals surface area contributed by atoms with Crippen LogP contribution in [0.25, 0.3) is 10.1 Å². The lowest BCUT2D eigenvalue weighted by Crippen LogP contribution is -1.93. The molecule has 0 spiro atoms. The van der Waals surface area contributed by atoms with Gasteiger partial charge in [0.2, 0.25) is 0 Å². The van der Waals surface area contributed by atoms with Crippen LogP contribution in [0.1, 0.15) is 10.4 Å². The lowest BCUT2D eigenvalue weighted by Gasteiger charge is -1.89. The Hall–Kier alpha value is -1.42. The van der Waals surface area contributed by atoms with Crippen LogP contribution in [-0.4, -0.2) is 16.1 Å². The van der Waals surface area contributed by atoms with Crippen LogP contribution in [0.5, 0.6) is 0 Å². The summed E-state index contributed by atoms with van der Waals surface area (Å²) in [7, 11) is 0. The van der Waals surface area contributed by atoms with Crippen molar-refractivity contribution in [3.8, 4) is 0 Å². The minimum absolute atomic E-state index is 0.336. The van der Waals surface area contributed by atoms with E-state index in [0.29, 0.717) is 5.56 Å². The highest BCUT2D eigenvalue weighted by molar-refractivity contribution is 7.17. The van der Waals surface area contributed by atoms with Gasteiger partial charge >= 0.3 is 5.97 Å². The van der Waals surface area contributed by atoms with E-state index >= 15 is 0 Å². The summed E-state index contributed by atoms with van der Waals surface area (Å²) in [5.41, 5.74) is 0.336. The number of rotatable bonds is 1. The number of pyridine rings is 1. The molecule has 4 heteroatoms. The summed E-state index contributed by atoms with van der Waals surface area (Å²) in [6.45, 7) is 0. The molecule has 0 aromatic carbocycles. The van der Waals surface area contributed by atoms with Crippen LogP contribution >= 0.6 is 11.3 Å². The normalized spacial score (nSPS) is 10.3. The van der Waals surface area contributed by atoms with Crippen LogP contribution in [0.2, 0.25) is 0 Å². The van der Waals surface area contributed by atoms with Gasteiger partial charge in [0, 0.05) is 27.9 Å². The smallest absolute Gasteiger partial charge is 0.337 e. The quantitative estimate of drug-likeness (QED) is 0.728. The molecule has 0 saturated heterocycles. The van der Waals surface area contributed by atoms with Crippen molar-refractivity contribution in [3.05, 3.63) is 29.4 Å². The van der Waals surface area contributed by atoms with Crippen molar-refractivity contribution < 1.29 is 9.90 Å². The van der Waals surface area contributed by atoms with E-state index in [-0.39, 0.29) is 0 Å². The van der Waals surface area contributed by atoms with Gasteiger partial charge in [-0.3, -0.25) is 4.98 Å². The highest BCUT2D eigenvalue weighted by atomic mass is 32.1. The van der Waals surface area contributed by atoms with E-state index in [0.717, 1.165) is 10.1 Å². The molecule has 0 atom stereocenters. The third-order valence-corrected chi connectivity index (χ3v) is 2.57. The monoisotopic (exact) mass is 179 g/mol. The molecule has 0 fully saturated rings. The van der Waals surface area contributed by atoms with Crippen LogP contribution in [0, 0.1) is 0 Å². The molecule has 0 aliphatic heterocycles. The van der Waals surface area contributed by atoms with Gasteiger partial charge in [0.25, 0.3) is 0 Å². The van der Waals surface area contributed by atoms with Crippen molar-refractivity contribution in [3.63, 3.8) is 0 Å². The Kier molecular flexibility index (Phi) is 1.55. The van der Waals surface area contributed by atoms with E-state index in [1.54, 1.807) is 17.8 Å². The zero-order valence-electron chi connectivity index (χ0n) is 6.02. The van der Waals surface area contributed by atoms with E-state index in [1.807, 2.05) is 6.07 Å². The Bertz CT molecular complexity index is 435. The molecule has 2 heterocycles. The van der Waals surface area contributed by atoms with Crippen LogP contribution in [-0.2, 0) is 0 Å². The summed E-state index contributed by atoms with van der Waals surface area (Å²) < 4.78 is 0.961. The number of carboxylic acid groups (broad SMARTS) is 1. The SMILES string of the molecule is O=C(O)c1csc2ccncc12. The number of hydrogen-bond donors (Lipinski definition) is 1. The summed E-state index contributed by atoms with van der Waals surface area (Å²) >= 11 is 1.42. The van der Waals surface area contributed by atoms with Gasteiger partial charge in [-0.1, -0.05) is 0 Å². The first-order chi connectivity index (χ1) is 5.79. The summed E-state index contributed by atoms with van der Waals surface area (Å²) in [6, 6.07) is 1.81. The van der Waals surface area contributed by atoms with Gasteiger partial charge in [-0.2, -0.15) is 0 Å². The Morgan fingerprint density at radius 2 is 2.42 bits per heavy atom. The number of carboxylic acids is 1. The van der Waals surface area contributed by atoms with Gasteiger partial charge in [0.1, 0.15) is 0 Å². The molecular weight excluding hydrogens is 174 g/mol. The number of aromatic carboxylic acids is 1. The van der Waals surface area contributed by atoms with Crippen molar-refractivity contribution in [2.24, 2.45) is 0 Å². The van der Waals surface area contributed by atoms with E-state index in [4.69, 9.17) is 5.11 Å². The zero-order chi connectivity index (χ0) is 8.55. The molecule has 60 valence electrons. The maximum Gasteiger partial charge on any atom is 0.337 e. The highest BCUT2D eigenvalue weighted by Crippen LogP contribution is 2.24. The topological polar surface area (TPSA) is 50.2 Å². The van der Waals surface area contributed by atoms with E-state index in [2.05, 4.69) is 4.98 Å². The Labute approximate surface area is 72.3 Å². The second-order valence-corrected chi connectivity index (χ2v) is 3.24. The third kappa shape index (κ3) is 0.967. The van der Waals surface area contributed by atoms with E-state index < -0.39 is 5.97 Å². The van der Waals surface area contributed by atoms with Gasteiger partial charge in [0.15, 0.2) is 0 Å². The maximum atomic E-state index is 10.7. The van der Waals surface area contributed by atoms with Gasteiger partial charge < -0.3 is 5.11 Å². The van der Waals surface area contributed by atoms with Crippen LogP contribution in [0.3, 0.4) is 0 Å². The van der Waals surface area contributed by atoms with Gasteiger partial charge in [0.05, 0.1) is 5.56 Å². The Morgan fingerprint density at radius 1 is 1.58 bits per heavy atom. The number of aromatic nitrogens is 1. The second kappa shape index (κ2) is 2.57. The van der Waals surface area contributed by atoms with Gasteiger partial charge in [-0.15, -0.1) is 11.3 Å². The first kappa shape index (κ1) is 7.24. The van der Waals surface area contributed by atoms with Crippen LogP contribution in [0.4, 0.5) is 0 Å². The first-order valence-electron chi connectivity index (χ1n) is 3.33. The number of carbonyl (C=O) groups is 1. The standard InChI is InChI=1S/C8H5NO2S/c10-8(11)6-4-12-7-1-2-9-3-5(6)7/h1-4H,(H,10,11). The first-order valence-corrected chi connectivity index (χ1v) is 4.21. The molecule has 0 saturated carbocycles. The fraction of sp³-hybridized carbons (Fsp3) is 0. The molecule has 0 radical (unpaired) electrons. The van der Waals surface area contributed by atoms with Crippen LogP contribution < -0.4 is 0 Å². The van der Waals surface area contributed by atoms with Crippen molar-refractivity contribution in [1.82, 2.24) is 4.98 Å². The predicted octanol–water partition coefficient (Wildman–Crippen LogP) is 1.99. The molecular formula is C8H5NO2S. The minimum atomic E-state index is -0.894. The molecule has 2 aromatic heterocycles. The summed E-state index contributed by atoms with van der Waals surface area (Å²) in [4.78, 5) is 14.5. The molecule has 2 rings (SSSR count). The number of fused-ring (bicyclic) bond motifs is 1. The van der Waals surface area contributed by atoms with Crippen molar-refractivity contribution in [1.29, 1.82) is 0 Å². The molecule has 12 heavy (non-hydrogen) atoms. The largest absolute Gasteiger partial charge is 0.478 e. The lowest BCUT2D eigenvalue weighted by molar-refractivity contribution is 0.0699. The minimum Gasteiger partial charge on any atom is -0.478 e. The maximum absolute atomic E-state index is 10.7. The fourth-order valence-electron chi connectivity index (χ4n) is 1.04. The average Bonchev–Trinajstić information content (AvgIpc) is 2.47. The van der Waals surface area contributed by atoms with Crippen molar-refractivity contribution in [2.75, 3.05) is 0 Å². The van der Waals surface area contributed by atoms with Crippen molar-refractivity contribution >= 4 is 27.4 Å². The molecule has 0 unspecified atom stereocenters. The van der Waals surface area contributed by atoms with Gasteiger partial charge in [-0.05, 0) is 6.07 Å². The number of nitrogens with zero attached hydrogens (tertiary/aromatic N) is 1. The highest BCUT2D eigenvalue weighted by Gasteiger charge is 2.09. The summed E-state index contributed by atoms with van der Waals surface area (Å²) in [5, 5.41) is 11.1. The molecule has 0 aliphatic rings. The Morgan fingerprint density at radius 3 is 3.17 bits per heavy atom. The molecule has 0 bridgehead atoms. The van der Waals surface area contributed by atoms with Gasteiger partial charge in [-0.25, -0.2) is 4.79 Å². The summed E-state index contributed by atoms with van der Waals surface area (Å²) in [5.74, 6) is -0.894. The molecule has 0 aliphatic carbocycles. The van der Waals surface area contributed by atoms with E-state index in [1.165, 1.54) is 11.3 Å².